The normalized spacial score (nSPS) is 10.2. The fourth-order valence-corrected chi connectivity index (χ4v) is 2.50. The number of benzene rings is 2. The van der Waals surface area contributed by atoms with E-state index in [1.807, 2.05) is 47.8 Å². The molecule has 2 aromatic carbocycles. The largest absolute Gasteiger partial charge is 0.497 e. The summed E-state index contributed by atoms with van der Waals surface area (Å²) in [6.07, 6.45) is 0.671. The second-order valence-corrected chi connectivity index (χ2v) is 5.54. The third kappa shape index (κ3) is 4.09. The summed E-state index contributed by atoms with van der Waals surface area (Å²) in [5.41, 5.74) is 1.98. The van der Waals surface area contributed by atoms with Crippen molar-refractivity contribution in [3.63, 3.8) is 0 Å². The summed E-state index contributed by atoms with van der Waals surface area (Å²) in [5, 5.41) is 8.55. The van der Waals surface area contributed by atoms with Crippen LogP contribution in [-0.4, -0.2) is 28.9 Å². The molecule has 1 aromatic heterocycles. The highest BCUT2D eigenvalue weighted by Crippen LogP contribution is 2.23. The monoisotopic (exact) mass is 362 g/mol. The van der Waals surface area contributed by atoms with Gasteiger partial charge in [0.25, 0.3) is 0 Å². The summed E-state index contributed by atoms with van der Waals surface area (Å²) in [6.45, 7) is 0. The molecule has 0 fully saturated rings. The highest BCUT2D eigenvalue weighted by molar-refractivity contribution is 5.85. The summed E-state index contributed by atoms with van der Waals surface area (Å²) >= 11 is 0. The molecule has 3 rings (SSSR count). The van der Waals surface area contributed by atoms with Crippen molar-refractivity contribution in [2.75, 3.05) is 19.1 Å². The SMILES string of the molecule is COc1ccc(Cc2nnc(N(C)c3ccc(F)cc3)n2C)cc1.Cl. The molecule has 0 amide bonds. The van der Waals surface area contributed by atoms with E-state index in [0.29, 0.717) is 12.4 Å². The third-order valence-electron chi connectivity index (χ3n) is 3.98. The van der Waals surface area contributed by atoms with Crippen LogP contribution in [-0.2, 0) is 13.5 Å². The maximum absolute atomic E-state index is 13.1. The number of hydrogen-bond acceptors (Lipinski definition) is 4. The maximum atomic E-state index is 13.1. The first-order valence-electron chi connectivity index (χ1n) is 7.59. The Morgan fingerprint density at radius 3 is 2.28 bits per heavy atom. The molecule has 7 heteroatoms. The van der Waals surface area contributed by atoms with Gasteiger partial charge in [0.05, 0.1) is 7.11 Å². The van der Waals surface area contributed by atoms with Crippen molar-refractivity contribution in [3.05, 3.63) is 65.7 Å². The number of halogens is 2. The average molecular weight is 363 g/mol. The minimum absolute atomic E-state index is 0. The van der Waals surface area contributed by atoms with Crippen molar-refractivity contribution in [1.29, 1.82) is 0 Å². The van der Waals surface area contributed by atoms with E-state index in [9.17, 15) is 4.39 Å². The maximum Gasteiger partial charge on any atom is 0.231 e. The Hall–Kier alpha value is -2.60. The van der Waals surface area contributed by atoms with E-state index >= 15 is 0 Å². The zero-order valence-corrected chi connectivity index (χ0v) is 15.1. The van der Waals surface area contributed by atoms with E-state index in [0.717, 1.165) is 22.8 Å². The molecule has 0 unspecified atom stereocenters. The van der Waals surface area contributed by atoms with Gasteiger partial charge < -0.3 is 9.64 Å². The van der Waals surface area contributed by atoms with Gasteiger partial charge in [-0.15, -0.1) is 22.6 Å². The first-order chi connectivity index (χ1) is 11.6. The Morgan fingerprint density at radius 2 is 1.68 bits per heavy atom. The van der Waals surface area contributed by atoms with Gasteiger partial charge in [-0.25, -0.2) is 4.39 Å². The number of ether oxygens (including phenoxy) is 1. The van der Waals surface area contributed by atoms with E-state index in [4.69, 9.17) is 4.74 Å². The molecule has 0 saturated carbocycles. The lowest BCUT2D eigenvalue weighted by atomic mass is 10.1. The molecule has 0 spiro atoms. The number of nitrogens with zero attached hydrogens (tertiary/aromatic N) is 4. The smallest absolute Gasteiger partial charge is 0.231 e. The van der Waals surface area contributed by atoms with Gasteiger partial charge in [0.2, 0.25) is 5.95 Å². The standard InChI is InChI=1S/C18H19FN4O.ClH/c1-22(15-8-6-14(19)7-9-15)18-21-20-17(23(18)2)12-13-4-10-16(24-3)11-5-13;/h4-11H,12H2,1-3H3;1H. The van der Waals surface area contributed by atoms with Crippen molar-refractivity contribution >= 4 is 24.0 Å². The van der Waals surface area contributed by atoms with E-state index in [2.05, 4.69) is 10.2 Å². The van der Waals surface area contributed by atoms with E-state index in [1.54, 1.807) is 19.2 Å². The molecular weight excluding hydrogens is 343 g/mol. The Balaban J connectivity index is 0.00000225. The second kappa shape index (κ2) is 7.98. The molecule has 0 saturated heterocycles. The molecular formula is C18H20ClFN4O. The summed E-state index contributed by atoms with van der Waals surface area (Å²) in [4.78, 5) is 1.88. The van der Waals surface area contributed by atoms with Gasteiger partial charge in [-0.3, -0.25) is 4.57 Å². The van der Waals surface area contributed by atoms with Crippen LogP contribution in [0.15, 0.2) is 48.5 Å². The fraction of sp³-hybridized carbons (Fsp3) is 0.222. The molecule has 132 valence electrons. The van der Waals surface area contributed by atoms with Crippen molar-refractivity contribution in [2.24, 2.45) is 7.05 Å². The van der Waals surface area contributed by atoms with E-state index in [-0.39, 0.29) is 18.2 Å². The molecule has 0 atom stereocenters. The summed E-state index contributed by atoms with van der Waals surface area (Å²) in [5.74, 6) is 2.12. The first kappa shape index (κ1) is 18.7. The number of methoxy groups -OCH3 is 1. The van der Waals surface area contributed by atoms with Gasteiger partial charge >= 0.3 is 0 Å². The Labute approximate surface area is 152 Å². The Kier molecular flexibility index (Phi) is 5.98. The summed E-state index contributed by atoms with van der Waals surface area (Å²) in [6, 6.07) is 14.2. The molecule has 25 heavy (non-hydrogen) atoms. The lowest BCUT2D eigenvalue weighted by Crippen LogP contribution is -2.15. The van der Waals surface area contributed by atoms with Crippen LogP contribution in [0.5, 0.6) is 5.75 Å². The van der Waals surface area contributed by atoms with Crippen molar-refractivity contribution in [2.45, 2.75) is 6.42 Å². The van der Waals surface area contributed by atoms with Crippen LogP contribution in [0.1, 0.15) is 11.4 Å². The van der Waals surface area contributed by atoms with Crippen LogP contribution in [0, 0.1) is 5.82 Å². The van der Waals surface area contributed by atoms with E-state index in [1.165, 1.54) is 12.1 Å². The molecule has 5 nitrogen and oxygen atoms in total. The summed E-state index contributed by atoms with van der Waals surface area (Å²) < 4.78 is 20.2. The molecule has 0 radical (unpaired) electrons. The highest BCUT2D eigenvalue weighted by Gasteiger charge is 2.14. The Bertz CT molecular complexity index is 818. The quantitative estimate of drug-likeness (QED) is 0.693. The zero-order valence-electron chi connectivity index (χ0n) is 14.3. The van der Waals surface area contributed by atoms with Gasteiger partial charge in [0.1, 0.15) is 17.4 Å². The van der Waals surface area contributed by atoms with Gasteiger partial charge in [0.15, 0.2) is 0 Å². The minimum atomic E-state index is -0.259. The molecule has 0 N–H and O–H groups in total. The third-order valence-corrected chi connectivity index (χ3v) is 3.98. The van der Waals surface area contributed by atoms with Gasteiger partial charge in [-0.2, -0.15) is 0 Å². The van der Waals surface area contributed by atoms with Gasteiger partial charge in [0, 0.05) is 26.2 Å². The van der Waals surface area contributed by atoms with Crippen LogP contribution in [0.3, 0.4) is 0 Å². The first-order valence-corrected chi connectivity index (χ1v) is 7.59. The molecule has 0 bridgehead atoms. The van der Waals surface area contributed by atoms with Crippen LogP contribution in [0.4, 0.5) is 16.0 Å². The van der Waals surface area contributed by atoms with Crippen LogP contribution in [0.2, 0.25) is 0 Å². The van der Waals surface area contributed by atoms with Crippen LogP contribution >= 0.6 is 12.4 Å². The lowest BCUT2D eigenvalue weighted by molar-refractivity contribution is 0.414. The zero-order chi connectivity index (χ0) is 17.1. The van der Waals surface area contributed by atoms with Crippen molar-refractivity contribution < 1.29 is 9.13 Å². The molecule has 3 aromatic rings. The number of rotatable bonds is 5. The Morgan fingerprint density at radius 1 is 1.04 bits per heavy atom. The van der Waals surface area contributed by atoms with Crippen molar-refractivity contribution in [1.82, 2.24) is 14.8 Å². The lowest BCUT2D eigenvalue weighted by Gasteiger charge is -2.18. The fourth-order valence-electron chi connectivity index (χ4n) is 2.50. The van der Waals surface area contributed by atoms with Crippen LogP contribution < -0.4 is 9.64 Å². The molecule has 0 aliphatic carbocycles. The van der Waals surface area contributed by atoms with Crippen molar-refractivity contribution in [3.8, 4) is 5.75 Å². The van der Waals surface area contributed by atoms with Gasteiger partial charge in [-0.05, 0) is 42.0 Å². The topological polar surface area (TPSA) is 43.2 Å². The number of hydrogen-bond donors (Lipinski definition) is 0. The highest BCUT2D eigenvalue weighted by atomic mass is 35.5. The van der Waals surface area contributed by atoms with Crippen LogP contribution in [0.25, 0.3) is 0 Å². The minimum Gasteiger partial charge on any atom is -0.497 e. The predicted octanol–water partition coefficient (Wildman–Crippen LogP) is 3.74. The summed E-state index contributed by atoms with van der Waals surface area (Å²) in [7, 11) is 5.46. The second-order valence-electron chi connectivity index (χ2n) is 5.54. The number of aromatic nitrogens is 3. The predicted molar refractivity (Wildman–Crippen MR) is 98.5 cm³/mol. The molecule has 0 aliphatic rings. The van der Waals surface area contributed by atoms with Gasteiger partial charge in [-0.1, -0.05) is 12.1 Å². The average Bonchev–Trinajstić information content (AvgIpc) is 2.96. The molecule has 1 heterocycles. The van der Waals surface area contributed by atoms with E-state index < -0.39 is 0 Å². The number of anilines is 2. The molecule has 0 aliphatic heterocycles.